The lowest BCUT2D eigenvalue weighted by molar-refractivity contribution is 0.381. The lowest BCUT2D eigenvalue weighted by Gasteiger charge is -2.47. The van der Waals surface area contributed by atoms with Gasteiger partial charge in [-0.2, -0.15) is 5.26 Å². The fraction of sp³-hybridized carbons (Fsp3) is 0.375. The van der Waals surface area contributed by atoms with E-state index < -0.39 is 0 Å². The molecule has 1 heterocycles. The summed E-state index contributed by atoms with van der Waals surface area (Å²) >= 11 is 3.46. The monoisotopic (exact) mass is 422 g/mol. The van der Waals surface area contributed by atoms with E-state index in [1.54, 1.807) is 0 Å². The molecule has 2 nitrogen and oxygen atoms in total. The van der Waals surface area contributed by atoms with E-state index in [0.717, 1.165) is 28.6 Å². The Labute approximate surface area is 171 Å². The third-order valence-corrected chi connectivity index (χ3v) is 6.19. The van der Waals surface area contributed by atoms with Gasteiger partial charge in [0.1, 0.15) is 0 Å². The normalized spacial score (nSPS) is 18.8. The SMILES string of the molecule is CCN1c2cc(C)c(/C=C(/C#N)c3ccc(Br)cc3)cc2C(C)CC1(C)C. The molecule has 0 bridgehead atoms. The average molecular weight is 423 g/mol. The van der Waals surface area contributed by atoms with Crippen LogP contribution in [-0.4, -0.2) is 12.1 Å². The number of nitrogens with zero attached hydrogens (tertiary/aromatic N) is 2. The van der Waals surface area contributed by atoms with Crippen LogP contribution in [0, 0.1) is 18.3 Å². The fourth-order valence-corrected chi connectivity index (χ4v) is 4.63. The first-order valence-electron chi connectivity index (χ1n) is 9.56. The van der Waals surface area contributed by atoms with Gasteiger partial charge in [-0.3, -0.25) is 0 Å². The van der Waals surface area contributed by atoms with Crippen LogP contribution in [0.5, 0.6) is 0 Å². The van der Waals surface area contributed by atoms with Crippen LogP contribution in [0.15, 0.2) is 40.9 Å². The topological polar surface area (TPSA) is 27.0 Å². The highest BCUT2D eigenvalue weighted by Gasteiger charge is 2.35. The number of hydrogen-bond acceptors (Lipinski definition) is 2. The summed E-state index contributed by atoms with van der Waals surface area (Å²) in [5, 5.41) is 9.70. The predicted octanol–water partition coefficient (Wildman–Crippen LogP) is 6.93. The van der Waals surface area contributed by atoms with Gasteiger partial charge >= 0.3 is 0 Å². The Bertz CT molecular complexity index is 917. The molecule has 1 aliphatic rings. The Hall–Kier alpha value is -2.05. The number of anilines is 1. The van der Waals surface area contributed by atoms with Crippen molar-refractivity contribution in [2.45, 2.75) is 52.5 Å². The number of nitriles is 1. The molecule has 0 N–H and O–H groups in total. The third kappa shape index (κ3) is 3.82. The maximum atomic E-state index is 9.70. The van der Waals surface area contributed by atoms with Crippen molar-refractivity contribution in [2.24, 2.45) is 0 Å². The lowest BCUT2D eigenvalue weighted by atomic mass is 9.79. The summed E-state index contributed by atoms with van der Waals surface area (Å²) in [5.41, 5.74) is 6.89. The molecule has 0 aromatic heterocycles. The fourth-order valence-electron chi connectivity index (χ4n) is 4.37. The summed E-state index contributed by atoms with van der Waals surface area (Å²) in [6.07, 6.45) is 3.17. The molecule has 2 aromatic rings. The molecule has 1 aliphatic heterocycles. The number of hydrogen-bond donors (Lipinski definition) is 0. The average Bonchev–Trinajstić information content (AvgIpc) is 2.61. The van der Waals surface area contributed by atoms with Gasteiger partial charge in [-0.25, -0.2) is 0 Å². The molecular weight excluding hydrogens is 396 g/mol. The standard InChI is InChI=1S/C24H27BrN2/c1-6-27-23-11-16(2)19(13-22(23)17(3)14-24(27,4)5)12-20(15-26)18-7-9-21(25)10-8-18/h7-13,17H,6,14H2,1-5H3/b20-12-. The molecule has 1 atom stereocenters. The smallest absolute Gasteiger partial charge is 0.0998 e. The van der Waals surface area contributed by atoms with E-state index in [9.17, 15) is 5.26 Å². The van der Waals surface area contributed by atoms with Crippen molar-refractivity contribution in [1.82, 2.24) is 0 Å². The van der Waals surface area contributed by atoms with Crippen molar-refractivity contribution in [3.63, 3.8) is 0 Å². The highest BCUT2D eigenvalue weighted by Crippen LogP contribution is 2.44. The Morgan fingerprint density at radius 1 is 1.30 bits per heavy atom. The molecule has 2 aromatic carbocycles. The zero-order chi connectivity index (χ0) is 19.8. The van der Waals surface area contributed by atoms with Crippen LogP contribution in [-0.2, 0) is 0 Å². The first-order chi connectivity index (χ1) is 12.8. The molecule has 3 heteroatoms. The van der Waals surface area contributed by atoms with E-state index in [1.807, 2.05) is 30.3 Å². The molecule has 0 aliphatic carbocycles. The molecule has 27 heavy (non-hydrogen) atoms. The van der Waals surface area contributed by atoms with Gasteiger partial charge in [-0.15, -0.1) is 0 Å². The second kappa shape index (κ2) is 7.52. The summed E-state index contributed by atoms with van der Waals surface area (Å²) in [4.78, 5) is 2.52. The minimum atomic E-state index is 0.167. The molecular formula is C24H27BrN2. The highest BCUT2D eigenvalue weighted by atomic mass is 79.9. The maximum Gasteiger partial charge on any atom is 0.0998 e. The molecule has 140 valence electrons. The third-order valence-electron chi connectivity index (χ3n) is 5.67. The minimum absolute atomic E-state index is 0.167. The zero-order valence-corrected chi connectivity index (χ0v) is 18.4. The summed E-state index contributed by atoms with van der Waals surface area (Å²) < 4.78 is 1.02. The van der Waals surface area contributed by atoms with Crippen LogP contribution < -0.4 is 4.90 Å². The predicted molar refractivity (Wildman–Crippen MR) is 119 cm³/mol. The van der Waals surface area contributed by atoms with Crippen molar-refractivity contribution < 1.29 is 0 Å². The Morgan fingerprint density at radius 2 is 1.96 bits per heavy atom. The van der Waals surface area contributed by atoms with Gasteiger partial charge in [-0.05, 0) is 92.6 Å². The number of allylic oxidation sites excluding steroid dienone is 1. The van der Waals surface area contributed by atoms with Crippen molar-refractivity contribution in [3.8, 4) is 6.07 Å². The van der Waals surface area contributed by atoms with Crippen molar-refractivity contribution in [3.05, 3.63) is 63.1 Å². The van der Waals surface area contributed by atoms with Gasteiger partial charge < -0.3 is 4.90 Å². The molecule has 0 amide bonds. The van der Waals surface area contributed by atoms with Crippen LogP contribution in [0.25, 0.3) is 11.6 Å². The largest absolute Gasteiger partial charge is 0.366 e. The molecule has 0 saturated carbocycles. The van der Waals surface area contributed by atoms with E-state index in [0.29, 0.717) is 11.5 Å². The zero-order valence-electron chi connectivity index (χ0n) is 16.8. The van der Waals surface area contributed by atoms with E-state index in [4.69, 9.17) is 0 Å². The van der Waals surface area contributed by atoms with Crippen LogP contribution in [0.3, 0.4) is 0 Å². The van der Waals surface area contributed by atoms with Crippen LogP contribution in [0.2, 0.25) is 0 Å². The summed E-state index contributed by atoms with van der Waals surface area (Å²) in [5.74, 6) is 0.503. The minimum Gasteiger partial charge on any atom is -0.366 e. The van der Waals surface area contributed by atoms with E-state index in [1.165, 1.54) is 16.8 Å². The Kier molecular flexibility index (Phi) is 5.49. The van der Waals surface area contributed by atoms with Gasteiger partial charge in [0, 0.05) is 22.2 Å². The number of halogens is 1. The highest BCUT2D eigenvalue weighted by molar-refractivity contribution is 9.10. The van der Waals surface area contributed by atoms with Crippen LogP contribution in [0.4, 0.5) is 5.69 Å². The number of rotatable bonds is 3. The first kappa shape index (κ1) is 19.7. The lowest BCUT2D eigenvalue weighted by Crippen LogP contribution is -2.48. The van der Waals surface area contributed by atoms with Gasteiger partial charge in [0.15, 0.2) is 0 Å². The number of benzene rings is 2. The van der Waals surface area contributed by atoms with Crippen molar-refractivity contribution in [2.75, 3.05) is 11.4 Å². The Morgan fingerprint density at radius 3 is 2.56 bits per heavy atom. The number of fused-ring (bicyclic) bond motifs is 1. The van der Waals surface area contributed by atoms with Crippen LogP contribution >= 0.6 is 15.9 Å². The quantitative estimate of drug-likeness (QED) is 0.395. The molecule has 0 spiro atoms. The molecule has 3 rings (SSSR count). The second-order valence-corrected chi connectivity index (χ2v) is 9.02. The van der Waals surface area contributed by atoms with Crippen LogP contribution in [0.1, 0.15) is 62.3 Å². The van der Waals surface area contributed by atoms with Gasteiger partial charge in [0.2, 0.25) is 0 Å². The van der Waals surface area contributed by atoms with Gasteiger partial charge in [0.05, 0.1) is 11.6 Å². The second-order valence-electron chi connectivity index (χ2n) is 8.11. The molecule has 1 unspecified atom stereocenters. The van der Waals surface area contributed by atoms with E-state index in [-0.39, 0.29) is 5.54 Å². The van der Waals surface area contributed by atoms with E-state index >= 15 is 0 Å². The summed E-state index contributed by atoms with van der Waals surface area (Å²) in [6, 6.07) is 14.9. The molecule has 0 radical (unpaired) electrons. The van der Waals surface area contributed by atoms with Gasteiger partial charge in [0.25, 0.3) is 0 Å². The van der Waals surface area contributed by atoms with Gasteiger partial charge in [-0.1, -0.05) is 35.0 Å². The summed E-state index contributed by atoms with van der Waals surface area (Å²) in [6.45, 7) is 12.4. The van der Waals surface area contributed by atoms with Crippen molar-refractivity contribution >= 4 is 33.3 Å². The number of aryl methyl sites for hydroxylation is 1. The molecule has 0 fully saturated rings. The molecule has 0 saturated heterocycles. The first-order valence-corrected chi connectivity index (χ1v) is 10.4. The van der Waals surface area contributed by atoms with Crippen molar-refractivity contribution in [1.29, 1.82) is 5.26 Å². The Balaban J connectivity index is 2.10. The summed E-state index contributed by atoms with van der Waals surface area (Å²) in [7, 11) is 0. The van der Waals surface area contributed by atoms with E-state index in [2.05, 4.69) is 73.7 Å². The maximum absolute atomic E-state index is 9.70.